The van der Waals surface area contributed by atoms with Gasteiger partial charge < -0.3 is 10.2 Å². The molecule has 1 N–H and O–H groups in total. The third-order valence-corrected chi connectivity index (χ3v) is 3.97. The molecule has 0 aromatic heterocycles. The average molecular weight is 337 g/mol. The summed E-state index contributed by atoms with van der Waals surface area (Å²) in [6.45, 7) is 1.97. The van der Waals surface area contributed by atoms with Gasteiger partial charge in [-0.2, -0.15) is 0 Å². The molecule has 1 aliphatic heterocycles. The summed E-state index contributed by atoms with van der Waals surface area (Å²) in [5.41, 5.74) is -0.400. The molecule has 0 unspecified atom stereocenters. The minimum absolute atomic E-state index is 0. The number of nitrogens with zero attached hydrogens (tertiary/aromatic N) is 1. The third-order valence-electron chi connectivity index (χ3n) is 3.97. The standard InChI is InChI=1S/C15H19F3N2O.ClH/c1-19-7-4-10-5-8-20(9-6-10)15(21)11-2-3-12(16)14(18)13(11)17;/h2-3,10,19H,4-9H2,1H3;1H. The van der Waals surface area contributed by atoms with Crippen molar-refractivity contribution >= 4 is 18.3 Å². The number of benzene rings is 1. The number of carbonyl (C=O) groups excluding carboxylic acids is 1. The van der Waals surface area contributed by atoms with Gasteiger partial charge >= 0.3 is 0 Å². The SMILES string of the molecule is CNCCC1CCN(C(=O)c2ccc(F)c(F)c2F)CC1.Cl. The number of hydrogen-bond donors (Lipinski definition) is 1. The van der Waals surface area contributed by atoms with Gasteiger partial charge in [0.15, 0.2) is 17.5 Å². The van der Waals surface area contributed by atoms with Crippen LogP contribution in [0.3, 0.4) is 0 Å². The maximum atomic E-state index is 13.6. The second kappa shape index (κ2) is 8.39. The van der Waals surface area contributed by atoms with Crippen LogP contribution in [0, 0.1) is 23.4 Å². The molecule has 1 aromatic carbocycles. The van der Waals surface area contributed by atoms with Crippen molar-refractivity contribution in [1.82, 2.24) is 10.2 Å². The quantitative estimate of drug-likeness (QED) is 0.857. The number of piperidine rings is 1. The van der Waals surface area contributed by atoms with Crippen molar-refractivity contribution in [3.05, 3.63) is 35.1 Å². The van der Waals surface area contributed by atoms with Gasteiger partial charge in [-0.15, -0.1) is 12.4 Å². The maximum Gasteiger partial charge on any atom is 0.256 e. The van der Waals surface area contributed by atoms with E-state index in [1.807, 2.05) is 7.05 Å². The summed E-state index contributed by atoms with van der Waals surface area (Å²) in [6.07, 6.45) is 2.73. The minimum Gasteiger partial charge on any atom is -0.339 e. The maximum absolute atomic E-state index is 13.6. The summed E-state index contributed by atoms with van der Waals surface area (Å²) < 4.78 is 39.7. The van der Waals surface area contributed by atoms with Gasteiger partial charge in [0.05, 0.1) is 5.56 Å². The monoisotopic (exact) mass is 336 g/mol. The predicted molar refractivity (Wildman–Crippen MR) is 80.7 cm³/mol. The van der Waals surface area contributed by atoms with Gasteiger partial charge in [-0.25, -0.2) is 13.2 Å². The molecule has 0 radical (unpaired) electrons. The highest BCUT2D eigenvalue weighted by atomic mass is 35.5. The molecule has 1 aliphatic rings. The average Bonchev–Trinajstić information content (AvgIpc) is 2.51. The second-order valence-electron chi connectivity index (χ2n) is 5.35. The Balaban J connectivity index is 0.00000242. The molecule has 0 bridgehead atoms. The molecular weight excluding hydrogens is 317 g/mol. The van der Waals surface area contributed by atoms with Crippen molar-refractivity contribution in [2.75, 3.05) is 26.7 Å². The number of carbonyl (C=O) groups is 1. The molecule has 1 aromatic rings. The van der Waals surface area contributed by atoms with Crippen LogP contribution in [-0.2, 0) is 0 Å². The fourth-order valence-corrected chi connectivity index (χ4v) is 2.63. The van der Waals surface area contributed by atoms with Gasteiger partial charge in [0.25, 0.3) is 5.91 Å². The Kier molecular flexibility index (Phi) is 7.16. The molecule has 22 heavy (non-hydrogen) atoms. The first kappa shape index (κ1) is 18.8. The van der Waals surface area contributed by atoms with Crippen molar-refractivity contribution < 1.29 is 18.0 Å². The predicted octanol–water partition coefficient (Wildman–Crippen LogP) is 2.99. The Hall–Kier alpha value is -1.27. The van der Waals surface area contributed by atoms with Crippen LogP contribution in [0.2, 0.25) is 0 Å². The lowest BCUT2D eigenvalue weighted by molar-refractivity contribution is 0.0681. The second-order valence-corrected chi connectivity index (χ2v) is 5.35. The normalized spacial score (nSPS) is 15.5. The lowest BCUT2D eigenvalue weighted by Gasteiger charge is -2.32. The third kappa shape index (κ3) is 4.14. The molecule has 1 amide bonds. The van der Waals surface area contributed by atoms with E-state index in [0.29, 0.717) is 19.0 Å². The lowest BCUT2D eigenvalue weighted by Crippen LogP contribution is -2.39. The number of amides is 1. The van der Waals surface area contributed by atoms with Gasteiger partial charge in [-0.1, -0.05) is 0 Å². The first-order valence-electron chi connectivity index (χ1n) is 7.12. The summed E-state index contributed by atoms with van der Waals surface area (Å²) in [7, 11) is 1.89. The van der Waals surface area contributed by atoms with Crippen LogP contribution in [0.5, 0.6) is 0 Å². The van der Waals surface area contributed by atoms with E-state index in [1.165, 1.54) is 4.90 Å². The van der Waals surface area contributed by atoms with Crippen LogP contribution in [0.15, 0.2) is 12.1 Å². The van der Waals surface area contributed by atoms with E-state index in [4.69, 9.17) is 0 Å². The number of halogens is 4. The van der Waals surface area contributed by atoms with Crippen molar-refractivity contribution in [2.45, 2.75) is 19.3 Å². The molecule has 1 saturated heterocycles. The van der Waals surface area contributed by atoms with Gasteiger partial charge in [0.2, 0.25) is 0 Å². The van der Waals surface area contributed by atoms with E-state index in [2.05, 4.69) is 5.32 Å². The summed E-state index contributed by atoms with van der Waals surface area (Å²) >= 11 is 0. The first-order chi connectivity index (χ1) is 10.0. The van der Waals surface area contributed by atoms with E-state index >= 15 is 0 Å². The van der Waals surface area contributed by atoms with Crippen molar-refractivity contribution in [1.29, 1.82) is 0 Å². The highest BCUT2D eigenvalue weighted by molar-refractivity contribution is 5.94. The molecule has 0 saturated carbocycles. The van der Waals surface area contributed by atoms with Gasteiger partial charge in [-0.3, -0.25) is 4.79 Å². The topological polar surface area (TPSA) is 32.3 Å². The molecule has 0 aliphatic carbocycles. The van der Waals surface area contributed by atoms with Crippen molar-refractivity contribution in [2.24, 2.45) is 5.92 Å². The lowest BCUT2D eigenvalue weighted by atomic mass is 9.93. The molecule has 1 heterocycles. The molecule has 1 fully saturated rings. The van der Waals surface area contributed by atoms with Gasteiger partial charge in [0.1, 0.15) is 0 Å². The Morgan fingerprint density at radius 1 is 1.23 bits per heavy atom. The van der Waals surface area contributed by atoms with Crippen molar-refractivity contribution in [3.63, 3.8) is 0 Å². The van der Waals surface area contributed by atoms with Gasteiger partial charge in [-0.05, 0) is 50.9 Å². The zero-order valence-corrected chi connectivity index (χ0v) is 13.2. The van der Waals surface area contributed by atoms with E-state index in [-0.39, 0.29) is 12.4 Å². The molecule has 0 atom stereocenters. The molecular formula is C15H20ClF3N2O. The first-order valence-corrected chi connectivity index (χ1v) is 7.12. The van der Waals surface area contributed by atoms with Crippen LogP contribution in [0.4, 0.5) is 13.2 Å². The van der Waals surface area contributed by atoms with E-state index in [9.17, 15) is 18.0 Å². The summed E-state index contributed by atoms with van der Waals surface area (Å²) in [6, 6.07) is 1.79. The van der Waals surface area contributed by atoms with Crippen LogP contribution in [0.25, 0.3) is 0 Å². The Morgan fingerprint density at radius 2 is 1.86 bits per heavy atom. The number of rotatable bonds is 4. The fourth-order valence-electron chi connectivity index (χ4n) is 2.63. The molecule has 7 heteroatoms. The fraction of sp³-hybridized carbons (Fsp3) is 0.533. The minimum atomic E-state index is -1.59. The number of hydrogen-bond acceptors (Lipinski definition) is 2. The van der Waals surface area contributed by atoms with Crippen LogP contribution in [-0.4, -0.2) is 37.5 Å². The van der Waals surface area contributed by atoms with Crippen molar-refractivity contribution in [3.8, 4) is 0 Å². The van der Waals surface area contributed by atoms with Crippen LogP contribution >= 0.6 is 12.4 Å². The van der Waals surface area contributed by atoms with E-state index in [0.717, 1.165) is 37.9 Å². The zero-order valence-electron chi connectivity index (χ0n) is 12.4. The Labute approximate surface area is 134 Å². The van der Waals surface area contributed by atoms with Crippen LogP contribution < -0.4 is 5.32 Å². The molecule has 0 spiro atoms. The summed E-state index contributed by atoms with van der Waals surface area (Å²) in [4.78, 5) is 13.7. The molecule has 124 valence electrons. The largest absolute Gasteiger partial charge is 0.339 e. The van der Waals surface area contributed by atoms with E-state index < -0.39 is 28.9 Å². The molecule has 3 nitrogen and oxygen atoms in total. The number of nitrogens with one attached hydrogen (secondary N) is 1. The highest BCUT2D eigenvalue weighted by Gasteiger charge is 2.26. The van der Waals surface area contributed by atoms with Gasteiger partial charge in [0, 0.05) is 13.1 Å². The zero-order chi connectivity index (χ0) is 15.4. The highest BCUT2D eigenvalue weighted by Crippen LogP contribution is 2.23. The summed E-state index contributed by atoms with van der Waals surface area (Å²) in [5.74, 6) is -4.31. The number of likely N-dealkylation sites (tertiary alicyclic amines) is 1. The Morgan fingerprint density at radius 3 is 2.45 bits per heavy atom. The summed E-state index contributed by atoms with van der Waals surface area (Å²) in [5, 5.41) is 3.09. The smallest absolute Gasteiger partial charge is 0.256 e. The molecule has 2 rings (SSSR count). The Bertz CT molecular complexity index is 520. The van der Waals surface area contributed by atoms with E-state index in [1.54, 1.807) is 0 Å². The van der Waals surface area contributed by atoms with Crippen LogP contribution in [0.1, 0.15) is 29.6 Å².